The molecule has 1 amide bonds. The van der Waals surface area contributed by atoms with Crippen LogP contribution in [0.3, 0.4) is 0 Å². The van der Waals surface area contributed by atoms with Gasteiger partial charge in [-0.3, -0.25) is 4.79 Å². The van der Waals surface area contributed by atoms with Gasteiger partial charge in [0.15, 0.2) is 5.60 Å². The minimum Gasteiger partial charge on any atom is -0.380 e. The van der Waals surface area contributed by atoms with E-state index in [0.29, 0.717) is 0 Å². The van der Waals surface area contributed by atoms with Gasteiger partial charge in [-0.15, -0.1) is 0 Å². The summed E-state index contributed by atoms with van der Waals surface area (Å²) in [6.07, 6.45) is -5.30. The molecule has 0 bridgehead atoms. The number of nitrogens with zero attached hydrogens (tertiary/aromatic N) is 1. The number of aliphatic hydroxyl groups is 1. The Balaban J connectivity index is 1.95. The van der Waals surface area contributed by atoms with Crippen LogP contribution < -0.4 is 0 Å². The molecule has 0 saturated carbocycles. The first-order valence-corrected chi connectivity index (χ1v) is 7.76. The molecule has 1 aliphatic rings. The summed E-state index contributed by atoms with van der Waals surface area (Å²) in [5.74, 6) is -0.155. The fraction of sp³-hybridized carbons (Fsp3) is 0.588. The predicted molar refractivity (Wildman–Crippen MR) is 81.0 cm³/mol. The Kier molecular flexibility index (Phi) is 5.04. The van der Waals surface area contributed by atoms with Crippen molar-refractivity contribution in [1.82, 2.24) is 4.90 Å². The Morgan fingerprint density at radius 1 is 1.30 bits per heavy atom. The number of halogens is 3. The van der Waals surface area contributed by atoms with Crippen LogP contribution in [0.5, 0.6) is 0 Å². The van der Waals surface area contributed by atoms with Gasteiger partial charge in [0.2, 0.25) is 5.91 Å². The van der Waals surface area contributed by atoms with Crippen LogP contribution >= 0.6 is 0 Å². The van der Waals surface area contributed by atoms with Crippen LogP contribution in [0.2, 0.25) is 0 Å². The van der Waals surface area contributed by atoms with Gasteiger partial charge in [-0.05, 0) is 24.0 Å². The molecule has 0 radical (unpaired) electrons. The van der Waals surface area contributed by atoms with E-state index in [-0.39, 0.29) is 31.3 Å². The monoisotopic (exact) mass is 329 g/mol. The van der Waals surface area contributed by atoms with E-state index in [4.69, 9.17) is 0 Å². The van der Waals surface area contributed by atoms with Gasteiger partial charge in [-0.25, -0.2) is 0 Å². The quantitative estimate of drug-likeness (QED) is 0.923. The number of carbonyl (C=O) groups excluding carboxylic acids is 1. The third-order valence-electron chi connectivity index (χ3n) is 4.67. The first-order valence-electron chi connectivity index (χ1n) is 7.76. The minimum absolute atomic E-state index is 0.00660. The Morgan fingerprint density at radius 3 is 2.39 bits per heavy atom. The zero-order valence-electron chi connectivity index (χ0n) is 13.4. The summed E-state index contributed by atoms with van der Waals surface area (Å²) in [6, 6.07) is 7.77. The van der Waals surface area contributed by atoms with Crippen LogP contribution in [0.1, 0.15) is 43.2 Å². The molecule has 1 atom stereocenters. The van der Waals surface area contributed by atoms with Crippen LogP contribution in [0.15, 0.2) is 24.3 Å². The van der Waals surface area contributed by atoms with Crippen molar-refractivity contribution in [3.05, 3.63) is 35.4 Å². The molecule has 3 nitrogen and oxygen atoms in total. The largest absolute Gasteiger partial charge is 0.417 e. The second-order valence-electron chi connectivity index (χ2n) is 6.37. The molecule has 1 heterocycles. The minimum atomic E-state index is -4.64. The number of amides is 1. The van der Waals surface area contributed by atoms with Crippen LogP contribution in [0, 0.1) is 6.92 Å². The van der Waals surface area contributed by atoms with E-state index in [1.54, 1.807) is 0 Å². The summed E-state index contributed by atoms with van der Waals surface area (Å²) < 4.78 is 38.3. The topological polar surface area (TPSA) is 40.5 Å². The van der Waals surface area contributed by atoms with Crippen LogP contribution in [-0.4, -0.2) is 40.8 Å². The van der Waals surface area contributed by atoms with Crippen molar-refractivity contribution in [3.8, 4) is 0 Å². The Hall–Kier alpha value is -1.56. The average Bonchev–Trinajstić information content (AvgIpc) is 2.47. The van der Waals surface area contributed by atoms with Crippen molar-refractivity contribution in [3.63, 3.8) is 0 Å². The van der Waals surface area contributed by atoms with E-state index >= 15 is 0 Å². The molecule has 1 aliphatic heterocycles. The van der Waals surface area contributed by atoms with Crippen molar-refractivity contribution < 1.29 is 23.1 Å². The number of piperidine rings is 1. The summed E-state index contributed by atoms with van der Waals surface area (Å²) in [5, 5.41) is 9.64. The third-order valence-corrected chi connectivity index (χ3v) is 4.67. The smallest absolute Gasteiger partial charge is 0.380 e. The third kappa shape index (κ3) is 3.86. The first-order chi connectivity index (χ1) is 10.6. The second-order valence-corrected chi connectivity index (χ2v) is 6.37. The number of carbonyl (C=O) groups is 1. The molecule has 1 aromatic rings. The van der Waals surface area contributed by atoms with Gasteiger partial charge < -0.3 is 10.0 Å². The van der Waals surface area contributed by atoms with Gasteiger partial charge in [0.25, 0.3) is 0 Å². The number of likely N-dealkylation sites (tertiary alicyclic amines) is 1. The van der Waals surface area contributed by atoms with Crippen molar-refractivity contribution >= 4 is 5.91 Å². The summed E-state index contributed by atoms with van der Waals surface area (Å²) in [4.78, 5) is 13.7. The maximum atomic E-state index is 12.8. The summed E-state index contributed by atoms with van der Waals surface area (Å²) >= 11 is 0. The van der Waals surface area contributed by atoms with E-state index in [9.17, 15) is 23.1 Å². The maximum Gasteiger partial charge on any atom is 0.417 e. The van der Waals surface area contributed by atoms with Gasteiger partial charge in [-0.2, -0.15) is 13.2 Å². The van der Waals surface area contributed by atoms with Gasteiger partial charge >= 0.3 is 6.18 Å². The zero-order valence-corrected chi connectivity index (χ0v) is 13.4. The summed E-state index contributed by atoms with van der Waals surface area (Å²) in [6.45, 7) is 3.79. The van der Waals surface area contributed by atoms with Crippen molar-refractivity contribution in [2.45, 2.75) is 50.8 Å². The van der Waals surface area contributed by atoms with Crippen molar-refractivity contribution in [2.24, 2.45) is 0 Å². The standard InChI is InChI=1S/C17H22F3NO2/c1-12-5-3-4-6-14(12)13(2)11-15(22)21-9-7-16(23,8-10-21)17(18,19)20/h3-6,13,23H,7-11H2,1-2H3. The number of hydrogen-bond donors (Lipinski definition) is 1. The number of aryl methyl sites for hydroxylation is 1. The van der Waals surface area contributed by atoms with E-state index in [1.807, 2.05) is 38.1 Å². The highest BCUT2D eigenvalue weighted by Gasteiger charge is 2.54. The summed E-state index contributed by atoms with van der Waals surface area (Å²) in [5.41, 5.74) is -0.492. The van der Waals surface area contributed by atoms with E-state index in [2.05, 4.69) is 0 Å². The molecule has 6 heteroatoms. The van der Waals surface area contributed by atoms with Gasteiger partial charge in [0.1, 0.15) is 0 Å². The molecule has 1 N–H and O–H groups in total. The lowest BCUT2D eigenvalue weighted by atomic mass is 9.89. The molecule has 1 aromatic carbocycles. The molecular weight excluding hydrogens is 307 g/mol. The van der Waals surface area contributed by atoms with Crippen LogP contribution in [0.4, 0.5) is 13.2 Å². The molecule has 1 unspecified atom stereocenters. The van der Waals surface area contributed by atoms with Crippen LogP contribution in [-0.2, 0) is 4.79 Å². The lowest BCUT2D eigenvalue weighted by Gasteiger charge is -2.39. The molecule has 1 fully saturated rings. The number of hydrogen-bond acceptors (Lipinski definition) is 2. The lowest BCUT2D eigenvalue weighted by molar-refractivity contribution is -0.272. The Labute approximate surface area is 134 Å². The predicted octanol–water partition coefficient (Wildman–Crippen LogP) is 3.40. The maximum absolute atomic E-state index is 12.8. The SMILES string of the molecule is Cc1ccccc1C(C)CC(=O)N1CCC(O)(C(F)(F)F)CC1. The van der Waals surface area contributed by atoms with Crippen LogP contribution in [0.25, 0.3) is 0 Å². The highest BCUT2D eigenvalue weighted by atomic mass is 19.4. The molecule has 0 spiro atoms. The molecular formula is C17H22F3NO2. The molecule has 0 aliphatic carbocycles. The van der Waals surface area contributed by atoms with Gasteiger partial charge in [-0.1, -0.05) is 31.2 Å². The fourth-order valence-corrected chi connectivity index (χ4v) is 3.05. The second kappa shape index (κ2) is 6.51. The molecule has 2 rings (SSSR count). The van der Waals surface area contributed by atoms with Crippen molar-refractivity contribution in [1.29, 1.82) is 0 Å². The Bertz CT molecular complexity index is 563. The normalized spacial score (nSPS) is 19.5. The highest BCUT2D eigenvalue weighted by Crippen LogP contribution is 2.38. The number of rotatable bonds is 3. The van der Waals surface area contributed by atoms with E-state index < -0.39 is 24.6 Å². The van der Waals surface area contributed by atoms with Gasteiger partial charge in [0.05, 0.1) is 0 Å². The average molecular weight is 329 g/mol. The number of benzene rings is 1. The molecule has 0 aromatic heterocycles. The number of alkyl halides is 3. The first kappa shape index (κ1) is 17.8. The molecule has 23 heavy (non-hydrogen) atoms. The highest BCUT2D eigenvalue weighted by molar-refractivity contribution is 5.77. The lowest BCUT2D eigenvalue weighted by Crippen LogP contribution is -2.54. The van der Waals surface area contributed by atoms with E-state index in [1.165, 1.54) is 4.90 Å². The Morgan fingerprint density at radius 2 is 1.87 bits per heavy atom. The fourth-order valence-electron chi connectivity index (χ4n) is 3.05. The zero-order chi connectivity index (χ0) is 17.3. The van der Waals surface area contributed by atoms with E-state index in [0.717, 1.165) is 11.1 Å². The molecule has 128 valence electrons. The molecule has 1 saturated heterocycles. The van der Waals surface area contributed by atoms with Gasteiger partial charge in [0, 0.05) is 32.4 Å². The summed E-state index contributed by atoms with van der Waals surface area (Å²) in [7, 11) is 0. The van der Waals surface area contributed by atoms with Crippen molar-refractivity contribution in [2.75, 3.05) is 13.1 Å².